The van der Waals surface area contributed by atoms with Crippen LogP contribution in [-0.2, 0) is 0 Å². The van der Waals surface area contributed by atoms with Gasteiger partial charge in [0.15, 0.2) is 0 Å². The van der Waals surface area contributed by atoms with Gasteiger partial charge in [0.1, 0.15) is 5.75 Å². The van der Waals surface area contributed by atoms with Crippen LogP contribution in [0.2, 0.25) is 0 Å². The van der Waals surface area contributed by atoms with Crippen LogP contribution in [0.25, 0.3) is 0 Å². The minimum Gasteiger partial charge on any atom is -0.496 e. The molecule has 0 fully saturated rings. The molecule has 0 atom stereocenters. The van der Waals surface area contributed by atoms with Crippen LogP contribution in [0.1, 0.15) is 10.4 Å². The van der Waals surface area contributed by atoms with Gasteiger partial charge in [-0.15, -0.1) is 11.3 Å². The van der Waals surface area contributed by atoms with Crippen LogP contribution in [0, 0.1) is 6.92 Å². The Kier molecular flexibility index (Phi) is 3.37. The van der Waals surface area contributed by atoms with Gasteiger partial charge in [-0.2, -0.15) is 0 Å². The first-order valence-electron chi connectivity index (χ1n) is 5.02. The number of methoxy groups -OCH3 is 1. The molecule has 0 saturated carbocycles. The molecule has 0 spiro atoms. The molecule has 0 amide bonds. The van der Waals surface area contributed by atoms with E-state index in [1.54, 1.807) is 18.4 Å². The van der Waals surface area contributed by atoms with Crippen molar-refractivity contribution in [2.75, 3.05) is 7.11 Å². The third-order valence-electron chi connectivity index (χ3n) is 2.26. The Balaban J connectivity index is 2.19. The Morgan fingerprint density at radius 3 is 2.81 bits per heavy atom. The summed E-state index contributed by atoms with van der Waals surface area (Å²) < 4.78 is 5.20. The van der Waals surface area contributed by atoms with E-state index in [-0.39, 0.29) is 0 Å². The third-order valence-corrected chi connectivity index (χ3v) is 3.07. The van der Waals surface area contributed by atoms with E-state index in [1.807, 2.05) is 48.9 Å². The lowest BCUT2D eigenvalue weighted by atomic mass is 10.2. The third kappa shape index (κ3) is 2.49. The highest BCUT2D eigenvalue weighted by molar-refractivity contribution is 7.11. The molecule has 16 heavy (non-hydrogen) atoms. The number of ether oxygens (including phenoxy) is 1. The standard InChI is InChI=1S/C13H13NOS/c1-10-8-11(5-6-13(10)15-2)14-9-12-4-3-7-16-12/h3-9H,1-2H3. The highest BCUT2D eigenvalue weighted by Gasteiger charge is 1.98. The van der Waals surface area contributed by atoms with Gasteiger partial charge in [-0.1, -0.05) is 6.07 Å². The molecule has 1 heterocycles. The summed E-state index contributed by atoms with van der Waals surface area (Å²) in [5, 5.41) is 2.04. The van der Waals surface area contributed by atoms with Crippen molar-refractivity contribution >= 4 is 23.2 Å². The van der Waals surface area contributed by atoms with E-state index in [0.29, 0.717) is 0 Å². The summed E-state index contributed by atoms with van der Waals surface area (Å²) in [4.78, 5) is 5.58. The predicted octanol–water partition coefficient (Wildman–Crippen LogP) is 3.82. The second-order valence-electron chi connectivity index (χ2n) is 3.43. The van der Waals surface area contributed by atoms with Crippen molar-refractivity contribution in [2.45, 2.75) is 6.92 Å². The number of hydrogen-bond donors (Lipinski definition) is 0. The topological polar surface area (TPSA) is 21.6 Å². The smallest absolute Gasteiger partial charge is 0.121 e. The molecule has 2 rings (SSSR count). The van der Waals surface area contributed by atoms with Crippen LogP contribution in [0.3, 0.4) is 0 Å². The van der Waals surface area contributed by atoms with Crippen LogP contribution < -0.4 is 4.74 Å². The number of nitrogens with zero attached hydrogens (tertiary/aromatic N) is 1. The average molecular weight is 231 g/mol. The van der Waals surface area contributed by atoms with Crippen LogP contribution in [0.5, 0.6) is 5.75 Å². The molecule has 0 aliphatic carbocycles. The van der Waals surface area contributed by atoms with Crippen LogP contribution in [0.15, 0.2) is 40.7 Å². The molecule has 0 radical (unpaired) electrons. The van der Waals surface area contributed by atoms with Crippen LogP contribution in [0.4, 0.5) is 5.69 Å². The van der Waals surface area contributed by atoms with E-state index in [2.05, 4.69) is 4.99 Å². The van der Waals surface area contributed by atoms with E-state index < -0.39 is 0 Å². The predicted molar refractivity (Wildman–Crippen MR) is 69.3 cm³/mol. The van der Waals surface area contributed by atoms with Gasteiger partial charge in [0.05, 0.1) is 12.8 Å². The van der Waals surface area contributed by atoms with E-state index in [9.17, 15) is 0 Å². The average Bonchev–Trinajstić information content (AvgIpc) is 2.79. The number of aryl methyl sites for hydroxylation is 1. The summed E-state index contributed by atoms with van der Waals surface area (Å²) in [6, 6.07) is 9.98. The van der Waals surface area contributed by atoms with E-state index in [1.165, 1.54) is 0 Å². The van der Waals surface area contributed by atoms with Gasteiger partial charge < -0.3 is 4.74 Å². The van der Waals surface area contributed by atoms with Gasteiger partial charge >= 0.3 is 0 Å². The van der Waals surface area contributed by atoms with Crippen molar-refractivity contribution < 1.29 is 4.74 Å². The zero-order valence-corrected chi connectivity index (χ0v) is 10.1. The molecule has 0 unspecified atom stereocenters. The quantitative estimate of drug-likeness (QED) is 0.736. The Morgan fingerprint density at radius 1 is 1.31 bits per heavy atom. The largest absolute Gasteiger partial charge is 0.496 e. The highest BCUT2D eigenvalue weighted by Crippen LogP contribution is 2.23. The maximum atomic E-state index is 5.20. The number of aliphatic imine (C=N–C) groups is 1. The first kappa shape index (κ1) is 10.9. The fourth-order valence-corrected chi connectivity index (χ4v) is 2.03. The Hall–Kier alpha value is -1.61. The van der Waals surface area contributed by atoms with Gasteiger partial charge in [0.2, 0.25) is 0 Å². The molecule has 0 aliphatic rings. The normalized spacial score (nSPS) is 10.9. The van der Waals surface area contributed by atoms with E-state index in [0.717, 1.165) is 21.9 Å². The van der Waals surface area contributed by atoms with Crippen molar-refractivity contribution in [3.63, 3.8) is 0 Å². The zero-order valence-electron chi connectivity index (χ0n) is 9.31. The Morgan fingerprint density at radius 2 is 2.19 bits per heavy atom. The maximum absolute atomic E-state index is 5.20. The van der Waals surface area contributed by atoms with Crippen LogP contribution in [-0.4, -0.2) is 13.3 Å². The molecule has 0 bridgehead atoms. The van der Waals surface area contributed by atoms with E-state index in [4.69, 9.17) is 4.74 Å². The minimum atomic E-state index is 0.898. The molecule has 2 aromatic rings. The zero-order chi connectivity index (χ0) is 11.4. The van der Waals surface area contributed by atoms with Crippen molar-refractivity contribution in [3.8, 4) is 5.75 Å². The maximum Gasteiger partial charge on any atom is 0.121 e. The monoisotopic (exact) mass is 231 g/mol. The molecule has 0 aliphatic heterocycles. The van der Waals surface area contributed by atoms with Gasteiger partial charge in [0, 0.05) is 11.1 Å². The molecule has 3 heteroatoms. The summed E-state index contributed by atoms with van der Waals surface area (Å²) in [6.45, 7) is 2.02. The van der Waals surface area contributed by atoms with Crippen molar-refractivity contribution in [3.05, 3.63) is 46.2 Å². The summed E-state index contributed by atoms with van der Waals surface area (Å²) in [6.07, 6.45) is 1.88. The SMILES string of the molecule is COc1ccc(N=Cc2cccs2)cc1C. The van der Waals surface area contributed by atoms with E-state index >= 15 is 0 Å². The first-order valence-corrected chi connectivity index (χ1v) is 5.90. The lowest BCUT2D eigenvalue weighted by molar-refractivity contribution is 0.412. The second kappa shape index (κ2) is 4.94. The summed E-state index contributed by atoms with van der Waals surface area (Å²) in [5.74, 6) is 0.898. The molecule has 82 valence electrons. The Labute approximate surface area is 99.2 Å². The molecule has 0 N–H and O–H groups in total. The second-order valence-corrected chi connectivity index (χ2v) is 4.41. The molecule has 1 aromatic carbocycles. The molecule has 2 nitrogen and oxygen atoms in total. The van der Waals surface area contributed by atoms with Gasteiger partial charge in [0.25, 0.3) is 0 Å². The van der Waals surface area contributed by atoms with Gasteiger partial charge in [-0.25, -0.2) is 0 Å². The lowest BCUT2D eigenvalue weighted by Crippen LogP contribution is -1.85. The fourth-order valence-electron chi connectivity index (χ4n) is 1.45. The number of hydrogen-bond acceptors (Lipinski definition) is 3. The first-order chi connectivity index (χ1) is 7.79. The van der Waals surface area contributed by atoms with Crippen molar-refractivity contribution in [2.24, 2.45) is 4.99 Å². The summed E-state index contributed by atoms with van der Waals surface area (Å²) in [7, 11) is 1.68. The van der Waals surface area contributed by atoms with Gasteiger partial charge in [-0.05, 0) is 42.1 Å². The molecule has 1 aromatic heterocycles. The Bertz CT molecular complexity index is 489. The lowest BCUT2D eigenvalue weighted by Gasteiger charge is -2.03. The highest BCUT2D eigenvalue weighted by atomic mass is 32.1. The molecule has 0 saturated heterocycles. The molecular formula is C13H13NOS. The number of rotatable bonds is 3. The number of thiophene rings is 1. The summed E-state index contributed by atoms with van der Waals surface area (Å²) >= 11 is 1.68. The van der Waals surface area contributed by atoms with Crippen molar-refractivity contribution in [1.29, 1.82) is 0 Å². The van der Waals surface area contributed by atoms with Crippen molar-refractivity contribution in [1.82, 2.24) is 0 Å². The molecular weight excluding hydrogens is 218 g/mol. The summed E-state index contributed by atoms with van der Waals surface area (Å²) in [5.41, 5.74) is 2.05. The fraction of sp³-hybridized carbons (Fsp3) is 0.154. The minimum absolute atomic E-state index is 0.898. The number of benzene rings is 1. The van der Waals surface area contributed by atoms with Crippen LogP contribution >= 0.6 is 11.3 Å². The van der Waals surface area contributed by atoms with Gasteiger partial charge in [-0.3, -0.25) is 4.99 Å².